The van der Waals surface area contributed by atoms with Crippen LogP contribution in [0.1, 0.15) is 64.0 Å². The number of benzene rings is 2. The first kappa shape index (κ1) is 28.1. The van der Waals surface area contributed by atoms with Crippen molar-refractivity contribution in [3.8, 4) is 11.5 Å². The quantitative estimate of drug-likeness (QED) is 0.388. The molecule has 0 unspecified atom stereocenters. The van der Waals surface area contributed by atoms with E-state index in [4.69, 9.17) is 14.5 Å². The van der Waals surface area contributed by atoms with Gasteiger partial charge < -0.3 is 19.3 Å². The molecule has 0 spiro atoms. The summed E-state index contributed by atoms with van der Waals surface area (Å²) in [5.41, 5.74) is 2.47. The van der Waals surface area contributed by atoms with E-state index in [-0.39, 0.29) is 23.8 Å². The van der Waals surface area contributed by atoms with E-state index in [0.717, 1.165) is 49.0 Å². The van der Waals surface area contributed by atoms with Gasteiger partial charge in [0.15, 0.2) is 0 Å². The fraction of sp³-hybridized carbons (Fsp3) is 0.452. The van der Waals surface area contributed by atoms with Crippen LogP contribution in [0.25, 0.3) is 0 Å². The van der Waals surface area contributed by atoms with E-state index >= 15 is 0 Å². The lowest BCUT2D eigenvalue weighted by molar-refractivity contribution is 0.0623. The van der Waals surface area contributed by atoms with Gasteiger partial charge in [-0.1, -0.05) is 12.1 Å². The zero-order valence-corrected chi connectivity index (χ0v) is 24.4. The molecule has 1 aromatic heterocycles. The zero-order valence-electron chi connectivity index (χ0n) is 23.5. The second-order valence-corrected chi connectivity index (χ2v) is 11.6. The van der Waals surface area contributed by atoms with Crippen molar-refractivity contribution in [2.24, 2.45) is 0 Å². The van der Waals surface area contributed by atoms with Crippen LogP contribution in [0.15, 0.2) is 53.9 Å². The lowest BCUT2D eigenvalue weighted by Gasteiger charge is -2.34. The molecule has 3 aromatic rings. The van der Waals surface area contributed by atoms with Gasteiger partial charge in [0.1, 0.15) is 17.2 Å². The summed E-state index contributed by atoms with van der Waals surface area (Å²) in [4.78, 5) is 37.2. The van der Waals surface area contributed by atoms with Crippen molar-refractivity contribution in [2.75, 3.05) is 46.4 Å². The largest absolute Gasteiger partial charge is 0.497 e. The van der Waals surface area contributed by atoms with Crippen LogP contribution >= 0.6 is 11.3 Å². The van der Waals surface area contributed by atoms with E-state index in [1.165, 1.54) is 5.56 Å². The third-order valence-corrected chi connectivity index (χ3v) is 8.58. The Balaban J connectivity index is 1.09. The van der Waals surface area contributed by atoms with Gasteiger partial charge in [0.25, 0.3) is 11.8 Å². The average Bonchev–Trinajstić information content (AvgIpc) is 3.48. The zero-order chi connectivity index (χ0) is 28.1. The van der Waals surface area contributed by atoms with Crippen LogP contribution in [-0.2, 0) is 6.54 Å². The van der Waals surface area contributed by atoms with Gasteiger partial charge in [-0.2, -0.15) is 0 Å². The number of piperidine rings is 1. The van der Waals surface area contributed by atoms with Crippen LogP contribution in [0.3, 0.4) is 0 Å². The predicted molar refractivity (Wildman–Crippen MR) is 156 cm³/mol. The Labute approximate surface area is 240 Å². The number of rotatable bonds is 8. The molecule has 5 rings (SSSR count). The molecular weight excluding hydrogens is 524 g/mol. The number of nitrogens with zero attached hydrogens (tertiary/aromatic N) is 4. The maximum Gasteiger partial charge on any atom is 0.273 e. The smallest absolute Gasteiger partial charge is 0.273 e. The Bertz CT molecular complexity index is 1280. The standard InChI is InChI=1S/C31H38N4O4S/c1-22(2)39-27-10-6-25(7-11-27)30(36)34-14-12-24(13-15-34)29-32-28(21-40-29)31(37)35-18-16-33(17-19-35)20-23-4-8-26(38-3)9-5-23/h4-11,21-22,24H,12-20H2,1-3H3. The van der Waals surface area contributed by atoms with Crippen molar-refractivity contribution in [1.82, 2.24) is 19.7 Å². The molecule has 2 aliphatic heterocycles. The number of carbonyl (C=O) groups is 2. The van der Waals surface area contributed by atoms with Crippen LogP contribution in [0, 0.1) is 0 Å². The SMILES string of the molecule is COc1ccc(CN2CCN(C(=O)c3csc(C4CCN(C(=O)c5ccc(OC(C)C)cc5)CC4)n3)CC2)cc1. The van der Waals surface area contributed by atoms with Crippen LogP contribution in [0.5, 0.6) is 11.5 Å². The Kier molecular flexibility index (Phi) is 9.01. The summed E-state index contributed by atoms with van der Waals surface area (Å²) >= 11 is 1.57. The third-order valence-electron chi connectivity index (χ3n) is 7.57. The molecule has 8 nitrogen and oxygen atoms in total. The number of carbonyl (C=O) groups excluding carboxylic acids is 2. The van der Waals surface area contributed by atoms with E-state index in [0.29, 0.717) is 37.4 Å². The number of aromatic nitrogens is 1. The molecule has 2 fully saturated rings. The van der Waals surface area contributed by atoms with Crippen molar-refractivity contribution in [3.63, 3.8) is 0 Å². The molecule has 0 radical (unpaired) electrons. The van der Waals surface area contributed by atoms with E-state index in [1.807, 2.05) is 65.4 Å². The number of ether oxygens (including phenoxy) is 2. The van der Waals surface area contributed by atoms with E-state index < -0.39 is 0 Å². The molecule has 0 N–H and O–H groups in total. The maximum absolute atomic E-state index is 13.2. The van der Waals surface area contributed by atoms with Gasteiger partial charge in [0.2, 0.25) is 0 Å². The van der Waals surface area contributed by atoms with Crippen LogP contribution in [0.4, 0.5) is 0 Å². The highest BCUT2D eigenvalue weighted by Gasteiger charge is 2.29. The van der Waals surface area contributed by atoms with E-state index in [9.17, 15) is 9.59 Å². The first-order chi connectivity index (χ1) is 19.4. The van der Waals surface area contributed by atoms with Crippen molar-refractivity contribution in [3.05, 3.63) is 75.7 Å². The Morgan fingerprint density at radius 1 is 0.875 bits per heavy atom. The second kappa shape index (κ2) is 12.8. The lowest BCUT2D eigenvalue weighted by Crippen LogP contribution is -2.48. The first-order valence-electron chi connectivity index (χ1n) is 14.1. The molecule has 2 amide bonds. The number of thiazole rings is 1. The van der Waals surface area contributed by atoms with Crippen molar-refractivity contribution < 1.29 is 19.1 Å². The topological polar surface area (TPSA) is 75.2 Å². The minimum atomic E-state index is 0.0177. The number of likely N-dealkylation sites (tertiary alicyclic amines) is 1. The number of amides is 2. The molecule has 9 heteroatoms. The van der Waals surface area contributed by atoms with Gasteiger partial charge in [-0.15, -0.1) is 11.3 Å². The van der Waals surface area contributed by atoms with Crippen LogP contribution in [0.2, 0.25) is 0 Å². The molecule has 2 aliphatic rings. The molecule has 2 aromatic carbocycles. The summed E-state index contributed by atoms with van der Waals surface area (Å²) in [6.45, 7) is 9.29. The molecule has 212 valence electrons. The fourth-order valence-corrected chi connectivity index (χ4v) is 6.26. The van der Waals surface area contributed by atoms with Gasteiger partial charge in [0, 0.05) is 62.7 Å². The van der Waals surface area contributed by atoms with Gasteiger partial charge in [-0.05, 0) is 68.7 Å². The Morgan fingerprint density at radius 3 is 2.12 bits per heavy atom. The van der Waals surface area contributed by atoms with Gasteiger partial charge in [-0.25, -0.2) is 4.98 Å². The monoisotopic (exact) mass is 562 g/mol. The molecular formula is C31H38N4O4S. The highest BCUT2D eigenvalue weighted by Crippen LogP contribution is 2.31. The molecule has 0 aliphatic carbocycles. The first-order valence-corrected chi connectivity index (χ1v) is 14.9. The van der Waals surface area contributed by atoms with Crippen molar-refractivity contribution in [1.29, 1.82) is 0 Å². The van der Waals surface area contributed by atoms with E-state index in [2.05, 4.69) is 17.0 Å². The summed E-state index contributed by atoms with van der Waals surface area (Å²) in [6, 6.07) is 15.5. The molecule has 0 atom stereocenters. The second-order valence-electron chi connectivity index (χ2n) is 10.7. The number of piperazine rings is 1. The van der Waals surface area contributed by atoms with E-state index in [1.54, 1.807) is 18.4 Å². The molecule has 3 heterocycles. The number of hydrogen-bond donors (Lipinski definition) is 0. The third kappa shape index (κ3) is 6.82. The summed E-state index contributed by atoms with van der Waals surface area (Å²) < 4.78 is 10.9. The van der Waals surface area contributed by atoms with Gasteiger partial charge in [-0.3, -0.25) is 14.5 Å². The van der Waals surface area contributed by atoms with Crippen molar-refractivity contribution >= 4 is 23.2 Å². The lowest BCUT2D eigenvalue weighted by atomic mass is 9.97. The highest BCUT2D eigenvalue weighted by atomic mass is 32.1. The predicted octanol–water partition coefficient (Wildman–Crippen LogP) is 4.92. The minimum Gasteiger partial charge on any atom is -0.497 e. The maximum atomic E-state index is 13.2. The Hall–Kier alpha value is -3.43. The average molecular weight is 563 g/mol. The summed E-state index contributed by atoms with van der Waals surface area (Å²) in [6.07, 6.45) is 1.81. The minimum absolute atomic E-state index is 0.0177. The fourth-order valence-electron chi connectivity index (χ4n) is 5.29. The molecule has 0 bridgehead atoms. The summed E-state index contributed by atoms with van der Waals surface area (Å²) in [5, 5.41) is 2.91. The summed E-state index contributed by atoms with van der Waals surface area (Å²) in [7, 11) is 1.67. The molecule has 2 saturated heterocycles. The normalized spacial score (nSPS) is 16.8. The summed E-state index contributed by atoms with van der Waals surface area (Å²) in [5.74, 6) is 1.98. The Morgan fingerprint density at radius 2 is 1.50 bits per heavy atom. The highest BCUT2D eigenvalue weighted by molar-refractivity contribution is 7.09. The van der Waals surface area contributed by atoms with Crippen molar-refractivity contribution in [2.45, 2.75) is 45.3 Å². The van der Waals surface area contributed by atoms with Crippen LogP contribution in [-0.4, -0.2) is 84.0 Å². The van der Waals surface area contributed by atoms with Crippen LogP contribution < -0.4 is 9.47 Å². The molecule has 0 saturated carbocycles. The van der Waals surface area contributed by atoms with Gasteiger partial charge >= 0.3 is 0 Å². The van der Waals surface area contributed by atoms with Gasteiger partial charge in [0.05, 0.1) is 18.2 Å². The number of hydrogen-bond acceptors (Lipinski definition) is 7. The molecule has 40 heavy (non-hydrogen) atoms. The number of methoxy groups -OCH3 is 1.